The number of carbonyl (C=O) groups is 4. The van der Waals surface area contributed by atoms with Gasteiger partial charge in [0.05, 0.1) is 0 Å². The molecule has 0 radical (unpaired) electrons. The molecule has 0 spiro atoms. The molecule has 1 aliphatic rings. The van der Waals surface area contributed by atoms with Crippen molar-refractivity contribution in [3.8, 4) is 0 Å². The predicted molar refractivity (Wildman–Crippen MR) is 64.1 cm³/mol. The van der Waals surface area contributed by atoms with Gasteiger partial charge in [0.1, 0.15) is 19.1 Å². The Labute approximate surface area is 110 Å². The molecule has 0 saturated carbocycles. The molecule has 0 aromatic heterocycles. The van der Waals surface area contributed by atoms with Gasteiger partial charge in [-0.1, -0.05) is 20.3 Å². The molecule has 0 aromatic carbocycles. The van der Waals surface area contributed by atoms with Gasteiger partial charge in [-0.05, 0) is 5.92 Å². The molecule has 0 unspecified atom stereocenters. The van der Waals surface area contributed by atoms with Crippen LogP contribution < -0.4 is 10.6 Å². The lowest BCUT2D eigenvalue weighted by atomic mass is 9.99. The molecule has 1 fully saturated rings. The highest BCUT2D eigenvalue weighted by Gasteiger charge is 2.30. The molecule has 0 aliphatic carbocycles. The van der Waals surface area contributed by atoms with E-state index < -0.39 is 29.9 Å². The van der Waals surface area contributed by atoms with E-state index in [0.717, 1.165) is 4.90 Å². The quantitative estimate of drug-likeness (QED) is 0.544. The summed E-state index contributed by atoms with van der Waals surface area (Å²) in [5, 5.41) is 13.4. The highest BCUT2D eigenvalue weighted by atomic mass is 16.4. The summed E-state index contributed by atoms with van der Waals surface area (Å²) in [6.07, 6.45) is 0.597. The molecule has 2 atom stereocenters. The Morgan fingerprint density at radius 1 is 1.47 bits per heavy atom. The van der Waals surface area contributed by atoms with E-state index in [0.29, 0.717) is 6.42 Å². The van der Waals surface area contributed by atoms with Gasteiger partial charge in [-0.2, -0.15) is 0 Å². The lowest BCUT2D eigenvalue weighted by Gasteiger charge is -2.21. The maximum absolute atomic E-state index is 11.7. The molecular formula is C11H17N3O5. The first kappa shape index (κ1) is 14.9. The highest BCUT2D eigenvalue weighted by Crippen LogP contribution is 2.08. The first-order chi connectivity index (χ1) is 8.85. The molecule has 0 bridgehead atoms. The van der Waals surface area contributed by atoms with Crippen LogP contribution in [0, 0.1) is 5.92 Å². The minimum absolute atomic E-state index is 0.187. The Morgan fingerprint density at radius 2 is 2.11 bits per heavy atom. The number of nitrogens with zero attached hydrogens (tertiary/aromatic N) is 1. The van der Waals surface area contributed by atoms with Crippen LogP contribution in [0.15, 0.2) is 0 Å². The molecular weight excluding hydrogens is 254 g/mol. The SMILES string of the molecule is CC[C@H](C)[C@H](NC(=O)CN1CC(=O)NC1=O)C(=O)O. The normalized spacial score (nSPS) is 17.9. The van der Waals surface area contributed by atoms with E-state index in [1.165, 1.54) is 0 Å². The van der Waals surface area contributed by atoms with Crippen molar-refractivity contribution in [1.29, 1.82) is 0 Å². The molecule has 1 aliphatic heterocycles. The third-order valence-electron chi connectivity index (χ3n) is 3.00. The second-order valence-electron chi connectivity index (χ2n) is 4.48. The third kappa shape index (κ3) is 3.94. The molecule has 106 valence electrons. The fourth-order valence-electron chi connectivity index (χ4n) is 1.69. The zero-order valence-corrected chi connectivity index (χ0v) is 10.8. The van der Waals surface area contributed by atoms with E-state index >= 15 is 0 Å². The Hall–Kier alpha value is -2.12. The molecule has 8 heteroatoms. The largest absolute Gasteiger partial charge is 0.480 e. The Kier molecular flexibility index (Phi) is 4.85. The maximum Gasteiger partial charge on any atom is 0.326 e. The first-order valence-electron chi connectivity index (χ1n) is 5.96. The molecule has 1 saturated heterocycles. The Morgan fingerprint density at radius 3 is 2.53 bits per heavy atom. The molecule has 1 heterocycles. The van der Waals surface area contributed by atoms with E-state index in [2.05, 4.69) is 5.32 Å². The van der Waals surface area contributed by atoms with Gasteiger partial charge in [-0.3, -0.25) is 14.9 Å². The summed E-state index contributed by atoms with van der Waals surface area (Å²) < 4.78 is 0. The highest BCUT2D eigenvalue weighted by molar-refractivity contribution is 6.03. The monoisotopic (exact) mass is 271 g/mol. The zero-order valence-electron chi connectivity index (χ0n) is 10.8. The summed E-state index contributed by atoms with van der Waals surface area (Å²) in [4.78, 5) is 45.9. The summed E-state index contributed by atoms with van der Waals surface area (Å²) in [6.45, 7) is 3.01. The predicted octanol–water partition coefficient (Wildman–Crippen LogP) is -0.846. The van der Waals surface area contributed by atoms with Crippen LogP contribution in [0.1, 0.15) is 20.3 Å². The van der Waals surface area contributed by atoms with Gasteiger partial charge in [-0.25, -0.2) is 9.59 Å². The summed E-state index contributed by atoms with van der Waals surface area (Å²) in [5.74, 6) is -2.42. The van der Waals surface area contributed by atoms with Crippen molar-refractivity contribution in [2.75, 3.05) is 13.1 Å². The van der Waals surface area contributed by atoms with Gasteiger partial charge >= 0.3 is 12.0 Å². The Balaban J connectivity index is 2.56. The lowest BCUT2D eigenvalue weighted by molar-refractivity contribution is -0.143. The van der Waals surface area contributed by atoms with Crippen molar-refractivity contribution in [2.24, 2.45) is 5.92 Å². The molecule has 19 heavy (non-hydrogen) atoms. The molecule has 0 aromatic rings. The van der Waals surface area contributed by atoms with Crippen molar-refractivity contribution < 1.29 is 24.3 Å². The fraction of sp³-hybridized carbons (Fsp3) is 0.636. The van der Waals surface area contributed by atoms with Crippen LogP contribution in [0.25, 0.3) is 0 Å². The fourth-order valence-corrected chi connectivity index (χ4v) is 1.69. The number of carboxylic acids is 1. The van der Waals surface area contributed by atoms with Crippen molar-refractivity contribution in [2.45, 2.75) is 26.3 Å². The first-order valence-corrected chi connectivity index (χ1v) is 5.96. The summed E-state index contributed by atoms with van der Waals surface area (Å²) in [7, 11) is 0. The number of aliphatic carboxylic acids is 1. The van der Waals surface area contributed by atoms with Crippen molar-refractivity contribution in [1.82, 2.24) is 15.5 Å². The van der Waals surface area contributed by atoms with Gasteiger partial charge in [0, 0.05) is 0 Å². The van der Waals surface area contributed by atoms with Crippen LogP contribution in [0.5, 0.6) is 0 Å². The molecule has 4 amide bonds. The van der Waals surface area contributed by atoms with E-state index in [1.807, 2.05) is 12.2 Å². The number of rotatable bonds is 6. The summed E-state index contributed by atoms with van der Waals surface area (Å²) in [6, 6.07) is -1.64. The van der Waals surface area contributed by atoms with E-state index in [-0.39, 0.29) is 19.0 Å². The smallest absolute Gasteiger partial charge is 0.326 e. The number of carbonyl (C=O) groups excluding carboxylic acids is 3. The third-order valence-corrected chi connectivity index (χ3v) is 3.00. The number of hydrogen-bond donors (Lipinski definition) is 3. The average Bonchev–Trinajstić information content (AvgIpc) is 2.63. The van der Waals surface area contributed by atoms with Gasteiger partial charge in [0.15, 0.2) is 0 Å². The van der Waals surface area contributed by atoms with Crippen LogP contribution >= 0.6 is 0 Å². The van der Waals surface area contributed by atoms with Gasteiger partial charge in [0.2, 0.25) is 11.8 Å². The molecule has 1 rings (SSSR count). The standard InChI is InChI=1S/C11H17N3O5/c1-3-6(2)9(10(17)18)12-7(15)4-14-5-8(16)13-11(14)19/h6,9H,3-5H2,1-2H3,(H,12,15)(H,17,18)(H,13,16,19)/t6-,9-/m0/s1. The van der Waals surface area contributed by atoms with Crippen LogP contribution in [0.3, 0.4) is 0 Å². The average molecular weight is 271 g/mol. The molecule has 3 N–H and O–H groups in total. The van der Waals surface area contributed by atoms with Crippen molar-refractivity contribution in [3.05, 3.63) is 0 Å². The lowest BCUT2D eigenvalue weighted by Crippen LogP contribution is -2.49. The van der Waals surface area contributed by atoms with E-state index in [9.17, 15) is 19.2 Å². The van der Waals surface area contributed by atoms with Gasteiger partial charge in [0.25, 0.3) is 0 Å². The van der Waals surface area contributed by atoms with E-state index in [1.54, 1.807) is 6.92 Å². The minimum Gasteiger partial charge on any atom is -0.480 e. The zero-order chi connectivity index (χ0) is 14.6. The topological polar surface area (TPSA) is 116 Å². The number of urea groups is 1. The van der Waals surface area contributed by atoms with Crippen molar-refractivity contribution in [3.63, 3.8) is 0 Å². The van der Waals surface area contributed by atoms with Crippen LogP contribution in [-0.4, -0.2) is 53.0 Å². The van der Waals surface area contributed by atoms with Crippen LogP contribution in [0.4, 0.5) is 4.79 Å². The second kappa shape index (κ2) is 6.17. The van der Waals surface area contributed by atoms with E-state index in [4.69, 9.17) is 5.11 Å². The van der Waals surface area contributed by atoms with Gasteiger partial charge in [-0.15, -0.1) is 0 Å². The number of carboxylic acid groups (broad SMARTS) is 1. The van der Waals surface area contributed by atoms with Crippen LogP contribution in [0.2, 0.25) is 0 Å². The summed E-state index contributed by atoms with van der Waals surface area (Å²) >= 11 is 0. The molecule has 8 nitrogen and oxygen atoms in total. The number of hydrogen-bond acceptors (Lipinski definition) is 4. The van der Waals surface area contributed by atoms with Gasteiger partial charge < -0.3 is 15.3 Å². The van der Waals surface area contributed by atoms with Crippen LogP contribution in [-0.2, 0) is 14.4 Å². The number of amides is 4. The second-order valence-corrected chi connectivity index (χ2v) is 4.48. The number of imide groups is 1. The Bertz CT molecular complexity index is 409. The maximum atomic E-state index is 11.7. The van der Waals surface area contributed by atoms with Crippen molar-refractivity contribution >= 4 is 23.8 Å². The number of nitrogens with one attached hydrogen (secondary N) is 2. The minimum atomic E-state index is -1.12. The summed E-state index contributed by atoms with van der Waals surface area (Å²) in [5.41, 5.74) is 0.